The second kappa shape index (κ2) is 9.27. The van der Waals surface area contributed by atoms with Gasteiger partial charge >= 0.3 is 31.1 Å². The maximum Gasteiger partial charge on any atom is 2.00 e. The summed E-state index contributed by atoms with van der Waals surface area (Å²) in [7, 11) is 0. The summed E-state index contributed by atoms with van der Waals surface area (Å²) in [5, 5.41) is 0. The number of hydrogen-bond donors (Lipinski definition) is 0. The molecule has 0 aliphatic carbocycles. The van der Waals surface area contributed by atoms with Gasteiger partial charge in [-0.25, -0.2) is 0 Å². The van der Waals surface area contributed by atoms with Gasteiger partial charge in [-0.05, 0) is 0 Å². The third-order valence-corrected chi connectivity index (χ3v) is 0.885. The molecule has 1 aromatic rings. The third kappa shape index (κ3) is 6.39. The van der Waals surface area contributed by atoms with Crippen molar-refractivity contribution in [1.29, 1.82) is 0 Å². The van der Waals surface area contributed by atoms with Gasteiger partial charge in [0.05, 0.1) is 0 Å². The van der Waals surface area contributed by atoms with Gasteiger partial charge in [0.2, 0.25) is 0 Å². The minimum Gasteiger partial charge on any atom is -0.346 e. The van der Waals surface area contributed by atoms with Crippen LogP contribution >= 0.6 is 0 Å². The molecule has 0 bridgehead atoms. The van der Waals surface area contributed by atoms with Crippen LogP contribution in [0.4, 0.5) is 0 Å². The van der Waals surface area contributed by atoms with E-state index in [1.807, 2.05) is 24.3 Å². The summed E-state index contributed by atoms with van der Waals surface area (Å²) in [5.41, 5.74) is 1.29. The first kappa shape index (κ1) is 12.9. The molecule has 0 spiro atoms. The molecule has 10 heavy (non-hydrogen) atoms. The molecule has 0 fully saturated rings. The van der Waals surface area contributed by atoms with Crippen LogP contribution in [0.1, 0.15) is 12.5 Å². The predicted octanol–water partition coefficient (Wildman–Crippen LogP) is 2.64. The summed E-state index contributed by atoms with van der Waals surface area (Å²) in [4.78, 5) is 0. The molecule has 0 amide bonds. The molecule has 0 nitrogen and oxygen atoms in total. The zero-order valence-electron chi connectivity index (χ0n) is 6.52. The Bertz CT molecular complexity index is 135. The molecule has 0 aliphatic rings. The number of rotatable bonds is 0. The van der Waals surface area contributed by atoms with Crippen LogP contribution in [0.15, 0.2) is 24.3 Å². The van der Waals surface area contributed by atoms with Crippen molar-refractivity contribution in [2.75, 3.05) is 0 Å². The van der Waals surface area contributed by atoms with Crippen molar-refractivity contribution in [2.24, 2.45) is 0 Å². The SMILES string of the molecule is Cc1cc[c-]cc1.[CH2-]C.[U+2]. The van der Waals surface area contributed by atoms with Crippen molar-refractivity contribution in [3.8, 4) is 0 Å². The van der Waals surface area contributed by atoms with E-state index in [1.54, 1.807) is 6.92 Å². The number of hydrogen-bond acceptors (Lipinski definition) is 0. The first-order valence-corrected chi connectivity index (χ1v) is 3.03. The Balaban J connectivity index is 0. The molecule has 1 rings (SSSR count). The zero-order chi connectivity index (χ0) is 7.11. The van der Waals surface area contributed by atoms with E-state index in [-0.39, 0.29) is 31.1 Å². The molecule has 0 aliphatic heterocycles. The van der Waals surface area contributed by atoms with E-state index in [9.17, 15) is 0 Å². The van der Waals surface area contributed by atoms with E-state index in [0.717, 1.165) is 0 Å². The molecule has 0 N–H and O–H groups in total. The fraction of sp³-hybridized carbons (Fsp3) is 0.222. The Labute approximate surface area is 87.4 Å². The fourth-order valence-corrected chi connectivity index (χ4v) is 0.470. The monoisotopic (exact) mass is 358 g/mol. The molecule has 0 aromatic heterocycles. The summed E-state index contributed by atoms with van der Waals surface area (Å²) >= 11 is 0. The van der Waals surface area contributed by atoms with E-state index in [4.69, 9.17) is 0 Å². The van der Waals surface area contributed by atoms with Crippen molar-refractivity contribution in [1.82, 2.24) is 0 Å². The summed E-state index contributed by atoms with van der Waals surface area (Å²) in [6.45, 7) is 7.06. The van der Waals surface area contributed by atoms with E-state index < -0.39 is 0 Å². The fourth-order valence-electron chi connectivity index (χ4n) is 0.470. The molecule has 0 unspecified atom stereocenters. The van der Waals surface area contributed by atoms with Crippen LogP contribution < -0.4 is 0 Å². The van der Waals surface area contributed by atoms with Gasteiger partial charge in [0.1, 0.15) is 0 Å². The number of aryl methyl sites for hydroxylation is 1. The van der Waals surface area contributed by atoms with Crippen molar-refractivity contribution in [3.05, 3.63) is 42.8 Å². The van der Waals surface area contributed by atoms with Crippen molar-refractivity contribution >= 4 is 0 Å². The average molecular weight is 358 g/mol. The van der Waals surface area contributed by atoms with Crippen LogP contribution in [0.25, 0.3) is 0 Å². The molecular weight excluding hydrogens is 346 g/mol. The van der Waals surface area contributed by atoms with Gasteiger partial charge in [-0.1, -0.05) is 6.92 Å². The summed E-state index contributed by atoms with van der Waals surface area (Å²) in [6.07, 6.45) is 0. The van der Waals surface area contributed by atoms with Crippen LogP contribution in [-0.4, -0.2) is 0 Å². The van der Waals surface area contributed by atoms with Gasteiger partial charge < -0.3 is 6.92 Å². The minimum absolute atomic E-state index is 0. The van der Waals surface area contributed by atoms with E-state index in [2.05, 4.69) is 19.9 Å². The van der Waals surface area contributed by atoms with Gasteiger partial charge in [-0.15, -0.1) is 0 Å². The van der Waals surface area contributed by atoms with Gasteiger partial charge in [0.15, 0.2) is 0 Å². The molecule has 1 aromatic carbocycles. The average Bonchev–Trinajstić information content (AvgIpc) is 1.94. The van der Waals surface area contributed by atoms with Crippen molar-refractivity contribution < 1.29 is 31.1 Å². The summed E-state index contributed by atoms with van der Waals surface area (Å²) < 4.78 is 0. The first-order chi connectivity index (χ1) is 4.39. The molecule has 0 atom stereocenters. The smallest absolute Gasteiger partial charge is 0.346 e. The molecule has 1 heteroatoms. The summed E-state index contributed by atoms with van der Waals surface area (Å²) in [6, 6.07) is 10.8. The van der Waals surface area contributed by atoms with E-state index in [1.165, 1.54) is 5.56 Å². The van der Waals surface area contributed by atoms with Crippen LogP contribution in [-0.2, 0) is 0 Å². The van der Waals surface area contributed by atoms with Gasteiger partial charge in [0, 0.05) is 0 Å². The van der Waals surface area contributed by atoms with Gasteiger partial charge in [-0.2, -0.15) is 42.8 Å². The normalized spacial score (nSPS) is 6.70. The quantitative estimate of drug-likeness (QED) is 0.626. The minimum atomic E-state index is 0. The predicted molar refractivity (Wildman–Crippen MR) is 41.0 cm³/mol. The Kier molecular flexibility index (Phi) is 12.0. The van der Waals surface area contributed by atoms with Crippen molar-refractivity contribution in [3.63, 3.8) is 0 Å². The van der Waals surface area contributed by atoms with Crippen LogP contribution in [0.2, 0.25) is 0 Å². The third-order valence-electron chi connectivity index (χ3n) is 0.885. The van der Waals surface area contributed by atoms with Crippen LogP contribution in [0.5, 0.6) is 0 Å². The summed E-state index contributed by atoms with van der Waals surface area (Å²) in [5.74, 6) is 0. The van der Waals surface area contributed by atoms with Crippen LogP contribution in [0, 0.1) is 51.0 Å². The van der Waals surface area contributed by atoms with Gasteiger partial charge in [0.25, 0.3) is 0 Å². The molecule has 0 heterocycles. The van der Waals surface area contributed by atoms with E-state index in [0.29, 0.717) is 0 Å². The van der Waals surface area contributed by atoms with Crippen molar-refractivity contribution in [2.45, 2.75) is 13.8 Å². The Morgan fingerprint density at radius 2 is 1.60 bits per heavy atom. The second-order valence-corrected chi connectivity index (χ2v) is 1.58. The maximum absolute atomic E-state index is 3.25. The van der Waals surface area contributed by atoms with E-state index >= 15 is 0 Å². The largest absolute Gasteiger partial charge is 2.00 e. The Morgan fingerprint density at radius 3 is 1.80 bits per heavy atom. The molecule has 0 saturated carbocycles. The molecule has 0 saturated heterocycles. The Morgan fingerprint density at radius 1 is 1.20 bits per heavy atom. The molecule has 52 valence electrons. The maximum atomic E-state index is 3.25. The first-order valence-electron chi connectivity index (χ1n) is 3.03. The standard InChI is InChI=1S/C7H7.C2H5.U/c1-7-5-3-2-4-6-7;1-2;/h3-6H,1H3;1H2,2H3;/q2*-1;+2. The molecular formula is C9H12U. The Hall–Kier alpha value is 0.272. The van der Waals surface area contributed by atoms with Crippen LogP contribution in [0.3, 0.4) is 0 Å². The second-order valence-electron chi connectivity index (χ2n) is 1.58. The number of benzene rings is 1. The molecule has 0 radical (unpaired) electrons. The zero-order valence-corrected chi connectivity index (χ0v) is 10.7. The van der Waals surface area contributed by atoms with Gasteiger partial charge in [-0.3, -0.25) is 0 Å². The topological polar surface area (TPSA) is 0 Å².